The van der Waals surface area contributed by atoms with Gasteiger partial charge in [-0.2, -0.15) is 0 Å². The van der Waals surface area contributed by atoms with Crippen molar-refractivity contribution in [3.05, 3.63) is 24.2 Å². The summed E-state index contributed by atoms with van der Waals surface area (Å²) in [5, 5.41) is 2.60. The molecule has 1 aromatic heterocycles. The van der Waals surface area contributed by atoms with Crippen LogP contribution in [0.1, 0.15) is 30.3 Å². The van der Waals surface area contributed by atoms with Crippen LogP contribution in [0.4, 0.5) is 0 Å². The number of nitrogens with zero attached hydrogens (tertiary/aromatic N) is 2. The summed E-state index contributed by atoms with van der Waals surface area (Å²) in [5.41, 5.74) is 0. The number of amides is 3. The Morgan fingerprint density at radius 1 is 1.41 bits per heavy atom. The largest absolute Gasteiger partial charge is 0.459 e. The number of furan rings is 1. The van der Waals surface area contributed by atoms with Gasteiger partial charge in [0.25, 0.3) is 5.91 Å². The molecule has 2 unspecified atom stereocenters. The molecule has 3 amide bonds. The first-order valence-corrected chi connectivity index (χ1v) is 7.28. The van der Waals surface area contributed by atoms with Crippen LogP contribution in [0, 0.1) is 0 Å². The van der Waals surface area contributed by atoms with E-state index in [1.54, 1.807) is 32.0 Å². The summed E-state index contributed by atoms with van der Waals surface area (Å²) >= 11 is 0. The van der Waals surface area contributed by atoms with E-state index in [1.807, 2.05) is 0 Å². The van der Waals surface area contributed by atoms with E-state index in [2.05, 4.69) is 5.32 Å². The Morgan fingerprint density at radius 3 is 2.73 bits per heavy atom. The standard InChI is InChI=1S/C15H21N3O4/c1-10(16-13(19)12-7-5-9-22-12)14(20)18-8-4-6-11(18)15(21)17(2)3/h5,7,9-11H,4,6,8H2,1-3H3,(H,16,19). The number of hydrogen-bond acceptors (Lipinski definition) is 4. The van der Waals surface area contributed by atoms with Crippen LogP contribution in [-0.4, -0.2) is 60.2 Å². The average Bonchev–Trinajstić information content (AvgIpc) is 3.16. The Hall–Kier alpha value is -2.31. The molecular weight excluding hydrogens is 286 g/mol. The van der Waals surface area contributed by atoms with Gasteiger partial charge >= 0.3 is 0 Å². The van der Waals surface area contributed by atoms with Crippen molar-refractivity contribution in [1.29, 1.82) is 0 Å². The van der Waals surface area contributed by atoms with Crippen molar-refractivity contribution >= 4 is 17.7 Å². The highest BCUT2D eigenvalue weighted by Crippen LogP contribution is 2.20. The van der Waals surface area contributed by atoms with Gasteiger partial charge in [0.05, 0.1) is 6.26 Å². The molecule has 7 heteroatoms. The number of carbonyl (C=O) groups is 3. The molecule has 2 rings (SSSR count). The minimum atomic E-state index is -0.715. The number of likely N-dealkylation sites (N-methyl/N-ethyl adjacent to an activating group) is 1. The molecule has 0 saturated carbocycles. The second-order valence-electron chi connectivity index (χ2n) is 5.59. The van der Waals surface area contributed by atoms with Gasteiger partial charge in [0.2, 0.25) is 11.8 Å². The van der Waals surface area contributed by atoms with E-state index in [4.69, 9.17) is 4.42 Å². The lowest BCUT2D eigenvalue weighted by Crippen LogP contribution is -2.52. The Kier molecular flexibility index (Phi) is 4.85. The molecule has 0 radical (unpaired) electrons. The summed E-state index contributed by atoms with van der Waals surface area (Å²) in [5.74, 6) is -0.629. The van der Waals surface area contributed by atoms with Gasteiger partial charge < -0.3 is 19.5 Å². The Balaban J connectivity index is 2.00. The van der Waals surface area contributed by atoms with Crippen molar-refractivity contribution in [2.45, 2.75) is 31.8 Å². The monoisotopic (exact) mass is 307 g/mol. The van der Waals surface area contributed by atoms with E-state index in [0.717, 1.165) is 6.42 Å². The molecule has 7 nitrogen and oxygen atoms in total. The Morgan fingerprint density at radius 2 is 2.14 bits per heavy atom. The number of nitrogens with one attached hydrogen (secondary N) is 1. The van der Waals surface area contributed by atoms with Crippen LogP contribution >= 0.6 is 0 Å². The van der Waals surface area contributed by atoms with Crippen molar-refractivity contribution in [2.24, 2.45) is 0 Å². The predicted octanol–water partition coefficient (Wildman–Crippen LogP) is 0.477. The molecule has 0 spiro atoms. The van der Waals surface area contributed by atoms with Crippen LogP contribution in [0.15, 0.2) is 22.8 Å². The highest BCUT2D eigenvalue weighted by atomic mass is 16.3. The highest BCUT2D eigenvalue weighted by molar-refractivity contribution is 5.96. The molecule has 0 aliphatic carbocycles. The third-order valence-electron chi connectivity index (χ3n) is 3.72. The number of hydrogen-bond donors (Lipinski definition) is 1. The molecule has 1 saturated heterocycles. The maximum absolute atomic E-state index is 12.5. The van der Waals surface area contributed by atoms with E-state index in [9.17, 15) is 14.4 Å². The fraction of sp³-hybridized carbons (Fsp3) is 0.533. The minimum Gasteiger partial charge on any atom is -0.459 e. The van der Waals surface area contributed by atoms with Crippen molar-refractivity contribution in [3.8, 4) is 0 Å². The van der Waals surface area contributed by atoms with E-state index in [0.29, 0.717) is 13.0 Å². The summed E-state index contributed by atoms with van der Waals surface area (Å²) < 4.78 is 4.99. The predicted molar refractivity (Wildman–Crippen MR) is 79.1 cm³/mol. The van der Waals surface area contributed by atoms with Gasteiger partial charge in [0, 0.05) is 20.6 Å². The van der Waals surface area contributed by atoms with Gasteiger partial charge in [-0.1, -0.05) is 0 Å². The smallest absolute Gasteiger partial charge is 0.287 e. The number of carbonyl (C=O) groups excluding carboxylic acids is 3. The molecule has 1 aliphatic heterocycles. The molecular formula is C15H21N3O4. The lowest BCUT2D eigenvalue weighted by Gasteiger charge is -2.28. The summed E-state index contributed by atoms with van der Waals surface area (Å²) in [7, 11) is 3.34. The Bertz CT molecular complexity index is 553. The van der Waals surface area contributed by atoms with E-state index in [1.165, 1.54) is 17.2 Å². The van der Waals surface area contributed by atoms with E-state index >= 15 is 0 Å². The average molecular weight is 307 g/mol. The summed E-state index contributed by atoms with van der Waals surface area (Å²) in [6, 6.07) is 1.98. The van der Waals surface area contributed by atoms with E-state index < -0.39 is 18.0 Å². The maximum atomic E-state index is 12.5. The van der Waals surface area contributed by atoms with Crippen LogP contribution in [0.3, 0.4) is 0 Å². The van der Waals surface area contributed by atoms with Gasteiger partial charge in [0.1, 0.15) is 12.1 Å². The van der Waals surface area contributed by atoms with Crippen LogP contribution in [0.25, 0.3) is 0 Å². The normalized spacial score (nSPS) is 18.9. The van der Waals surface area contributed by atoms with Gasteiger partial charge in [0.15, 0.2) is 5.76 Å². The first-order chi connectivity index (χ1) is 10.4. The highest BCUT2D eigenvalue weighted by Gasteiger charge is 2.37. The molecule has 2 atom stereocenters. The van der Waals surface area contributed by atoms with Gasteiger partial charge in [-0.3, -0.25) is 14.4 Å². The van der Waals surface area contributed by atoms with Crippen molar-refractivity contribution in [2.75, 3.05) is 20.6 Å². The fourth-order valence-corrected chi connectivity index (χ4v) is 2.57. The molecule has 1 N–H and O–H groups in total. The SMILES string of the molecule is CC(NC(=O)c1ccco1)C(=O)N1CCCC1C(=O)N(C)C. The third-order valence-corrected chi connectivity index (χ3v) is 3.72. The zero-order chi connectivity index (χ0) is 16.3. The lowest BCUT2D eigenvalue weighted by molar-refractivity contribution is -0.143. The minimum absolute atomic E-state index is 0.0876. The van der Waals surface area contributed by atoms with Crippen LogP contribution < -0.4 is 5.32 Å². The molecule has 22 heavy (non-hydrogen) atoms. The van der Waals surface area contributed by atoms with Gasteiger partial charge in [-0.15, -0.1) is 0 Å². The number of rotatable bonds is 4. The summed E-state index contributed by atoms with van der Waals surface area (Å²) in [6.07, 6.45) is 2.84. The zero-order valence-corrected chi connectivity index (χ0v) is 13.0. The first-order valence-electron chi connectivity index (χ1n) is 7.28. The zero-order valence-electron chi connectivity index (χ0n) is 13.0. The van der Waals surface area contributed by atoms with Crippen molar-refractivity contribution < 1.29 is 18.8 Å². The third kappa shape index (κ3) is 3.29. The van der Waals surface area contributed by atoms with Gasteiger partial charge in [-0.25, -0.2) is 0 Å². The summed E-state index contributed by atoms with van der Waals surface area (Å²) in [4.78, 5) is 39.6. The second-order valence-corrected chi connectivity index (χ2v) is 5.59. The second kappa shape index (κ2) is 6.64. The molecule has 2 heterocycles. The number of likely N-dealkylation sites (tertiary alicyclic amines) is 1. The molecule has 120 valence electrons. The first kappa shape index (κ1) is 16.1. The Labute approximate surface area is 129 Å². The van der Waals surface area contributed by atoms with Gasteiger partial charge in [-0.05, 0) is 31.9 Å². The molecule has 1 aromatic rings. The molecule has 0 bridgehead atoms. The molecule has 0 aromatic carbocycles. The summed E-state index contributed by atoms with van der Waals surface area (Å²) in [6.45, 7) is 2.14. The topological polar surface area (TPSA) is 82.9 Å². The van der Waals surface area contributed by atoms with E-state index in [-0.39, 0.29) is 17.6 Å². The van der Waals surface area contributed by atoms with Crippen LogP contribution in [-0.2, 0) is 9.59 Å². The molecule has 1 aliphatic rings. The maximum Gasteiger partial charge on any atom is 0.287 e. The lowest BCUT2D eigenvalue weighted by atomic mass is 10.2. The van der Waals surface area contributed by atoms with Crippen molar-refractivity contribution in [3.63, 3.8) is 0 Å². The quantitative estimate of drug-likeness (QED) is 0.877. The van der Waals surface area contributed by atoms with Crippen LogP contribution in [0.5, 0.6) is 0 Å². The van der Waals surface area contributed by atoms with Crippen molar-refractivity contribution in [1.82, 2.24) is 15.1 Å². The van der Waals surface area contributed by atoms with Crippen LogP contribution in [0.2, 0.25) is 0 Å². The molecule has 1 fully saturated rings. The fourth-order valence-electron chi connectivity index (χ4n) is 2.57.